The summed E-state index contributed by atoms with van der Waals surface area (Å²) in [5, 5.41) is 16.0. The number of fused-ring (bicyclic) bond motifs is 3. The highest BCUT2D eigenvalue weighted by Gasteiger charge is 2.47. The van der Waals surface area contributed by atoms with Crippen LogP contribution in [0.2, 0.25) is 0 Å². The number of nitrogens with zero attached hydrogens (tertiary/aromatic N) is 3. The van der Waals surface area contributed by atoms with Crippen LogP contribution in [0.3, 0.4) is 0 Å². The van der Waals surface area contributed by atoms with Crippen molar-refractivity contribution in [2.24, 2.45) is 0 Å². The minimum Gasteiger partial charge on any atom is -0.486 e. The number of thiazole rings is 1. The fraction of sp³-hybridized carbons (Fsp3) is 0.500. The third kappa shape index (κ3) is 3.33. The Hall–Kier alpha value is -2.69. The Bertz CT molecular complexity index is 1130. The van der Waals surface area contributed by atoms with Crippen LogP contribution in [0.4, 0.5) is 4.79 Å². The lowest BCUT2D eigenvalue weighted by molar-refractivity contribution is 0.00801. The summed E-state index contributed by atoms with van der Waals surface area (Å²) in [5.41, 5.74) is 2.12. The molecule has 10 heteroatoms. The van der Waals surface area contributed by atoms with Crippen LogP contribution in [0.5, 0.6) is 5.75 Å². The molecule has 32 heavy (non-hydrogen) atoms. The molecular formula is C22H24N4O5S. The summed E-state index contributed by atoms with van der Waals surface area (Å²) in [6.07, 6.45) is 4.39. The standard InChI is InChI=1S/C22H24N4O5S/c27-22(28)26-12-3-5-15(26)17(24-10-12)20-25-18-16(30-13-2-1-8-29-11-13)6-4-14(19(18)31-20)21-23-7-9-32-21/h4,6-7,9,12-13,15,17,24H,1-3,5,8,10-11H2,(H,27,28). The van der Waals surface area contributed by atoms with Gasteiger partial charge in [-0.25, -0.2) is 14.8 Å². The molecule has 6 rings (SSSR count). The van der Waals surface area contributed by atoms with E-state index in [-0.39, 0.29) is 24.2 Å². The fourth-order valence-electron chi connectivity index (χ4n) is 5.13. The summed E-state index contributed by atoms with van der Waals surface area (Å²) in [7, 11) is 0. The number of rotatable bonds is 4. The topological polar surface area (TPSA) is 110 Å². The molecule has 3 aliphatic rings. The molecule has 0 radical (unpaired) electrons. The first-order chi connectivity index (χ1) is 15.7. The maximum absolute atomic E-state index is 11.9. The molecule has 3 fully saturated rings. The van der Waals surface area contributed by atoms with Gasteiger partial charge in [-0.3, -0.25) is 4.90 Å². The molecule has 3 saturated heterocycles. The molecular weight excluding hydrogens is 432 g/mol. The van der Waals surface area contributed by atoms with E-state index in [0.29, 0.717) is 35.9 Å². The lowest BCUT2D eigenvalue weighted by Gasteiger charge is -2.37. The minimum atomic E-state index is -0.884. The lowest BCUT2D eigenvalue weighted by atomic mass is 10.1. The summed E-state index contributed by atoms with van der Waals surface area (Å²) >= 11 is 1.53. The summed E-state index contributed by atoms with van der Waals surface area (Å²) in [6, 6.07) is 3.39. The van der Waals surface area contributed by atoms with Crippen molar-refractivity contribution in [3.05, 3.63) is 29.6 Å². The van der Waals surface area contributed by atoms with Gasteiger partial charge in [0.25, 0.3) is 0 Å². The van der Waals surface area contributed by atoms with E-state index in [1.54, 1.807) is 11.1 Å². The molecule has 9 nitrogen and oxygen atoms in total. The van der Waals surface area contributed by atoms with Crippen LogP contribution >= 0.6 is 11.3 Å². The number of carbonyl (C=O) groups is 1. The molecule has 4 atom stereocenters. The van der Waals surface area contributed by atoms with E-state index in [4.69, 9.17) is 18.9 Å². The van der Waals surface area contributed by atoms with Crippen LogP contribution in [-0.2, 0) is 4.74 Å². The molecule has 5 heterocycles. The summed E-state index contributed by atoms with van der Waals surface area (Å²) in [6.45, 7) is 1.91. The summed E-state index contributed by atoms with van der Waals surface area (Å²) in [5.74, 6) is 1.14. The third-order valence-corrected chi connectivity index (χ3v) is 7.40. The van der Waals surface area contributed by atoms with Crippen LogP contribution in [0, 0.1) is 0 Å². The van der Waals surface area contributed by atoms with Crippen molar-refractivity contribution in [3.8, 4) is 16.3 Å². The van der Waals surface area contributed by atoms with Gasteiger partial charge < -0.3 is 24.3 Å². The van der Waals surface area contributed by atoms with Crippen molar-refractivity contribution in [1.82, 2.24) is 20.2 Å². The molecule has 2 aromatic heterocycles. The number of aromatic nitrogens is 2. The first-order valence-electron chi connectivity index (χ1n) is 11.0. The number of nitrogens with one attached hydrogen (secondary N) is 1. The Balaban J connectivity index is 1.42. The quantitative estimate of drug-likeness (QED) is 0.612. The van der Waals surface area contributed by atoms with Crippen LogP contribution in [0.25, 0.3) is 21.7 Å². The Morgan fingerprint density at radius 1 is 1.31 bits per heavy atom. The molecule has 3 aromatic rings. The maximum atomic E-state index is 11.9. The molecule has 2 bridgehead atoms. The minimum absolute atomic E-state index is 0.00852. The predicted octanol–water partition coefficient (Wildman–Crippen LogP) is 3.66. The number of ether oxygens (including phenoxy) is 2. The Labute approximate surface area is 188 Å². The predicted molar refractivity (Wildman–Crippen MR) is 117 cm³/mol. The fourth-order valence-corrected chi connectivity index (χ4v) is 5.79. The van der Waals surface area contributed by atoms with Crippen LogP contribution in [0.1, 0.15) is 37.6 Å². The van der Waals surface area contributed by atoms with Crippen molar-refractivity contribution in [2.75, 3.05) is 19.8 Å². The molecule has 4 unspecified atom stereocenters. The van der Waals surface area contributed by atoms with Gasteiger partial charge in [-0.05, 0) is 37.8 Å². The largest absolute Gasteiger partial charge is 0.486 e. The number of hydrogen-bond acceptors (Lipinski definition) is 8. The molecule has 3 aliphatic heterocycles. The Kier molecular flexibility index (Phi) is 5.00. The number of carboxylic acid groups (broad SMARTS) is 1. The van der Waals surface area contributed by atoms with Crippen molar-refractivity contribution >= 4 is 28.5 Å². The molecule has 1 aromatic carbocycles. The second-order valence-corrected chi connectivity index (χ2v) is 9.40. The molecule has 1 amide bonds. The average molecular weight is 457 g/mol. The monoisotopic (exact) mass is 456 g/mol. The lowest BCUT2D eigenvalue weighted by Crippen LogP contribution is -2.55. The highest BCUT2D eigenvalue weighted by Crippen LogP contribution is 2.41. The van der Waals surface area contributed by atoms with Crippen LogP contribution in [0.15, 0.2) is 28.1 Å². The molecule has 0 saturated carbocycles. The zero-order valence-electron chi connectivity index (χ0n) is 17.4. The van der Waals surface area contributed by atoms with E-state index in [1.165, 1.54) is 11.3 Å². The average Bonchev–Trinajstić information content (AvgIpc) is 3.54. The number of oxazole rings is 1. The van der Waals surface area contributed by atoms with E-state index < -0.39 is 6.09 Å². The van der Waals surface area contributed by atoms with Gasteiger partial charge in [0.15, 0.2) is 11.1 Å². The summed E-state index contributed by atoms with van der Waals surface area (Å²) in [4.78, 5) is 22.7. The first kappa shape index (κ1) is 20.0. The molecule has 2 N–H and O–H groups in total. The molecule has 0 spiro atoms. The molecule has 168 valence electrons. The van der Waals surface area contributed by atoms with E-state index in [9.17, 15) is 9.90 Å². The van der Waals surface area contributed by atoms with Crippen molar-refractivity contribution in [1.29, 1.82) is 0 Å². The second kappa shape index (κ2) is 8.02. The van der Waals surface area contributed by atoms with Gasteiger partial charge in [0.2, 0.25) is 5.89 Å². The smallest absolute Gasteiger partial charge is 0.407 e. The second-order valence-electron chi connectivity index (χ2n) is 8.51. The van der Waals surface area contributed by atoms with E-state index in [0.717, 1.165) is 42.9 Å². The van der Waals surface area contributed by atoms with Crippen molar-refractivity contribution in [2.45, 2.75) is 49.9 Å². The highest BCUT2D eigenvalue weighted by molar-refractivity contribution is 7.13. The number of piperazine rings is 1. The van der Waals surface area contributed by atoms with Gasteiger partial charge in [-0.15, -0.1) is 11.3 Å². The van der Waals surface area contributed by atoms with Gasteiger partial charge in [0, 0.05) is 30.8 Å². The van der Waals surface area contributed by atoms with Gasteiger partial charge in [-0.2, -0.15) is 0 Å². The SMILES string of the molecule is O=C(O)N1C2CCC1C(c1nc3c(OC4CCCOC4)ccc(-c4nccs4)c3o1)NC2. The van der Waals surface area contributed by atoms with Gasteiger partial charge in [0.1, 0.15) is 22.9 Å². The highest BCUT2D eigenvalue weighted by atomic mass is 32.1. The van der Waals surface area contributed by atoms with Crippen LogP contribution < -0.4 is 10.1 Å². The normalized spacial score (nSPS) is 27.7. The first-order valence-corrected chi connectivity index (χ1v) is 11.9. The van der Waals surface area contributed by atoms with Gasteiger partial charge >= 0.3 is 6.09 Å². The van der Waals surface area contributed by atoms with Crippen molar-refractivity contribution < 1.29 is 23.8 Å². The zero-order chi connectivity index (χ0) is 21.7. The van der Waals surface area contributed by atoms with Crippen LogP contribution in [-0.4, -0.2) is 64.0 Å². The van der Waals surface area contributed by atoms with E-state index in [1.807, 2.05) is 17.5 Å². The van der Waals surface area contributed by atoms with E-state index in [2.05, 4.69) is 10.3 Å². The van der Waals surface area contributed by atoms with E-state index >= 15 is 0 Å². The number of hydrogen-bond donors (Lipinski definition) is 2. The maximum Gasteiger partial charge on any atom is 0.407 e. The summed E-state index contributed by atoms with van der Waals surface area (Å²) < 4.78 is 18.2. The number of amides is 1. The van der Waals surface area contributed by atoms with Gasteiger partial charge in [0.05, 0.1) is 18.2 Å². The van der Waals surface area contributed by atoms with Gasteiger partial charge in [-0.1, -0.05) is 0 Å². The third-order valence-electron chi connectivity index (χ3n) is 6.59. The molecule has 0 aliphatic carbocycles. The Morgan fingerprint density at radius 3 is 3.03 bits per heavy atom. The zero-order valence-corrected chi connectivity index (χ0v) is 18.2. The number of benzene rings is 1. The van der Waals surface area contributed by atoms with Crippen molar-refractivity contribution in [3.63, 3.8) is 0 Å². The Morgan fingerprint density at radius 2 is 2.25 bits per heavy atom.